The summed E-state index contributed by atoms with van der Waals surface area (Å²) in [7, 11) is 1.52. The van der Waals surface area contributed by atoms with Crippen molar-refractivity contribution in [3.05, 3.63) is 92.9 Å². The third-order valence-electron chi connectivity index (χ3n) is 8.99. The fraction of sp³-hybridized carbons (Fsp3) is 0.375. The van der Waals surface area contributed by atoms with Crippen LogP contribution in [0.3, 0.4) is 0 Å². The van der Waals surface area contributed by atoms with Crippen molar-refractivity contribution in [3.63, 3.8) is 0 Å². The lowest BCUT2D eigenvalue weighted by atomic mass is 9.91. The number of aryl methyl sites for hydroxylation is 3. The van der Waals surface area contributed by atoms with Gasteiger partial charge >= 0.3 is 5.97 Å². The number of likely N-dealkylation sites (tertiary alicyclic amines) is 1. The van der Waals surface area contributed by atoms with Crippen LogP contribution in [0.25, 0.3) is 11.1 Å². The summed E-state index contributed by atoms with van der Waals surface area (Å²) in [6.07, 6.45) is 0.806. The number of amides is 2. The monoisotopic (exact) mass is 577 g/mol. The van der Waals surface area contributed by atoms with Gasteiger partial charge in [-0.25, -0.2) is 8.78 Å². The Morgan fingerprint density at radius 1 is 1.10 bits per heavy atom. The molecule has 42 heavy (non-hydrogen) atoms. The van der Waals surface area contributed by atoms with Gasteiger partial charge in [0.1, 0.15) is 11.6 Å². The second-order valence-corrected chi connectivity index (χ2v) is 12.0. The molecule has 0 spiro atoms. The van der Waals surface area contributed by atoms with E-state index in [1.165, 1.54) is 34.8 Å². The van der Waals surface area contributed by atoms with Crippen LogP contribution in [-0.4, -0.2) is 44.9 Å². The van der Waals surface area contributed by atoms with Gasteiger partial charge in [0, 0.05) is 25.4 Å². The van der Waals surface area contributed by atoms with Gasteiger partial charge < -0.3 is 19.9 Å². The predicted molar refractivity (Wildman–Crippen MR) is 152 cm³/mol. The van der Waals surface area contributed by atoms with Crippen molar-refractivity contribution in [2.24, 2.45) is 24.3 Å². The lowest BCUT2D eigenvalue weighted by Crippen LogP contribution is -2.51. The number of carboxylic acid groups (broad SMARTS) is 1. The number of aromatic nitrogens is 1. The third-order valence-corrected chi connectivity index (χ3v) is 8.99. The van der Waals surface area contributed by atoms with Crippen LogP contribution in [0, 0.1) is 42.7 Å². The van der Waals surface area contributed by atoms with E-state index in [0.29, 0.717) is 11.1 Å². The zero-order valence-corrected chi connectivity index (χ0v) is 24.1. The number of benzene rings is 2. The first-order chi connectivity index (χ1) is 19.7. The summed E-state index contributed by atoms with van der Waals surface area (Å²) >= 11 is 0. The molecule has 10 heteroatoms. The van der Waals surface area contributed by atoms with Gasteiger partial charge in [-0.3, -0.25) is 19.2 Å². The Morgan fingerprint density at radius 3 is 2.40 bits per heavy atom. The first kappa shape index (κ1) is 29.2. The minimum atomic E-state index is -1.42. The molecule has 1 aliphatic carbocycles. The van der Waals surface area contributed by atoms with E-state index in [0.717, 1.165) is 17.2 Å². The summed E-state index contributed by atoms with van der Waals surface area (Å²) in [4.78, 5) is 53.3. The molecule has 0 unspecified atom stereocenters. The number of aliphatic carboxylic acids is 1. The number of carbonyl (C=O) groups is 3. The number of nitrogens with one attached hydrogen (secondary N) is 1. The van der Waals surface area contributed by atoms with E-state index in [4.69, 9.17) is 0 Å². The molecule has 2 fully saturated rings. The molecule has 2 aromatic carbocycles. The summed E-state index contributed by atoms with van der Waals surface area (Å²) < 4.78 is 31.6. The van der Waals surface area contributed by atoms with Gasteiger partial charge in [0.05, 0.1) is 12.5 Å². The predicted octanol–water partition coefficient (Wildman–Crippen LogP) is 4.38. The highest BCUT2D eigenvalue weighted by Gasteiger charge is 2.69. The quantitative estimate of drug-likeness (QED) is 0.434. The number of hydrogen-bond acceptors (Lipinski definition) is 4. The van der Waals surface area contributed by atoms with Crippen LogP contribution in [0.4, 0.5) is 8.78 Å². The van der Waals surface area contributed by atoms with E-state index in [2.05, 4.69) is 5.32 Å². The van der Waals surface area contributed by atoms with E-state index >= 15 is 8.78 Å². The first-order valence-corrected chi connectivity index (χ1v) is 13.8. The van der Waals surface area contributed by atoms with Crippen LogP contribution in [-0.2, 0) is 16.6 Å². The van der Waals surface area contributed by atoms with E-state index in [1.807, 2.05) is 45.9 Å². The number of hydrogen-bond donors (Lipinski definition) is 2. The van der Waals surface area contributed by atoms with Crippen molar-refractivity contribution >= 4 is 17.8 Å². The highest BCUT2D eigenvalue weighted by molar-refractivity contribution is 5.98. The van der Waals surface area contributed by atoms with Crippen LogP contribution < -0.4 is 10.9 Å². The lowest BCUT2D eigenvalue weighted by Gasteiger charge is -2.31. The summed E-state index contributed by atoms with van der Waals surface area (Å²) in [6, 6.07) is 8.46. The normalized spacial score (nSPS) is 21.0. The first-order valence-electron chi connectivity index (χ1n) is 13.8. The van der Waals surface area contributed by atoms with E-state index in [9.17, 15) is 24.3 Å². The van der Waals surface area contributed by atoms with Crippen LogP contribution >= 0.6 is 0 Å². The number of halogens is 2. The second-order valence-electron chi connectivity index (χ2n) is 12.0. The van der Waals surface area contributed by atoms with Crippen molar-refractivity contribution in [1.29, 1.82) is 0 Å². The van der Waals surface area contributed by atoms with Crippen LogP contribution in [0.1, 0.15) is 53.4 Å². The molecule has 2 amide bonds. The van der Waals surface area contributed by atoms with E-state index in [-0.39, 0.29) is 34.9 Å². The molecular weight excluding hydrogens is 544 g/mol. The highest BCUT2D eigenvalue weighted by Crippen LogP contribution is 2.65. The minimum absolute atomic E-state index is 0.00997. The smallest absolute Gasteiger partial charge is 0.305 e. The van der Waals surface area contributed by atoms with Crippen LogP contribution in [0.2, 0.25) is 0 Å². The molecule has 1 aliphatic heterocycles. The maximum Gasteiger partial charge on any atom is 0.305 e. The molecule has 2 aliphatic rings. The number of piperidine rings is 1. The van der Waals surface area contributed by atoms with Crippen molar-refractivity contribution < 1.29 is 28.3 Å². The number of fused-ring (bicyclic) bond motifs is 1. The average molecular weight is 578 g/mol. The molecule has 5 rings (SSSR count). The number of nitrogens with zero attached hydrogens (tertiary/aromatic N) is 2. The zero-order valence-electron chi connectivity index (χ0n) is 24.1. The molecule has 8 nitrogen and oxygen atoms in total. The van der Waals surface area contributed by atoms with Crippen LogP contribution in [0.5, 0.6) is 0 Å². The van der Waals surface area contributed by atoms with Gasteiger partial charge in [0.15, 0.2) is 11.6 Å². The molecule has 220 valence electrons. The van der Waals surface area contributed by atoms with Gasteiger partial charge in [0.25, 0.3) is 11.5 Å². The number of rotatable bonds is 7. The van der Waals surface area contributed by atoms with Crippen molar-refractivity contribution in [2.75, 3.05) is 6.54 Å². The molecule has 3 aromatic rings. The largest absolute Gasteiger partial charge is 0.481 e. The Kier molecular flexibility index (Phi) is 7.28. The van der Waals surface area contributed by atoms with Gasteiger partial charge in [-0.2, -0.15) is 0 Å². The SMILES string of the molecule is Cc1cccc(C)c1-c1cc(F)c(F)c([C@H](CC(=O)O)NC(=O)[C@@H]2[C@@H]3[C@H](CN2C(=O)c2cccn(C)c2=O)C3(C)C)c1. The molecular formula is C32H33F2N3O5. The lowest BCUT2D eigenvalue weighted by molar-refractivity contribution is -0.138. The standard InChI is InChI=1S/C32H33F2N3O5/c1-16-8-6-9-17(2)25(16)18-12-20(27(34)22(33)13-18)23(14-24(38)39)35-29(40)28-26-21(32(26,3)4)15-37(28)31(42)19-10-7-11-36(5)30(19)41/h6-13,21,23,26,28H,14-15H2,1-5H3,(H,35,40)(H,38,39)/t21-,23-,26-,28-/m0/s1. The Balaban J connectivity index is 1.52. The summed E-state index contributed by atoms with van der Waals surface area (Å²) in [5.74, 6) is -5.30. The second kappa shape index (κ2) is 10.5. The average Bonchev–Trinajstić information content (AvgIpc) is 3.23. The van der Waals surface area contributed by atoms with Crippen molar-refractivity contribution in [1.82, 2.24) is 14.8 Å². The Bertz CT molecular complexity index is 1660. The van der Waals surface area contributed by atoms with Gasteiger partial charge in [0.2, 0.25) is 5.91 Å². The fourth-order valence-corrected chi connectivity index (χ4v) is 6.66. The maximum atomic E-state index is 15.3. The van der Waals surface area contributed by atoms with Gasteiger partial charge in [-0.1, -0.05) is 32.0 Å². The topological polar surface area (TPSA) is 109 Å². The highest BCUT2D eigenvalue weighted by atomic mass is 19.2. The Morgan fingerprint density at radius 2 is 1.76 bits per heavy atom. The number of pyridine rings is 1. The molecule has 1 saturated carbocycles. The molecule has 4 atom stereocenters. The van der Waals surface area contributed by atoms with Crippen molar-refractivity contribution in [2.45, 2.75) is 46.2 Å². The van der Waals surface area contributed by atoms with E-state index < -0.39 is 53.5 Å². The van der Waals surface area contributed by atoms with Gasteiger partial charge in [-0.15, -0.1) is 0 Å². The van der Waals surface area contributed by atoms with Crippen molar-refractivity contribution in [3.8, 4) is 11.1 Å². The molecule has 0 bridgehead atoms. The summed E-state index contributed by atoms with van der Waals surface area (Å²) in [5, 5.41) is 12.3. The summed E-state index contributed by atoms with van der Waals surface area (Å²) in [5.41, 5.74) is 1.49. The fourth-order valence-electron chi connectivity index (χ4n) is 6.66. The molecule has 2 N–H and O–H groups in total. The van der Waals surface area contributed by atoms with Gasteiger partial charge in [-0.05, 0) is 77.6 Å². The summed E-state index contributed by atoms with van der Waals surface area (Å²) in [6.45, 7) is 7.85. The Hall–Kier alpha value is -4.34. The molecule has 0 radical (unpaired) electrons. The third kappa shape index (κ3) is 4.88. The van der Waals surface area contributed by atoms with Crippen LogP contribution in [0.15, 0.2) is 53.5 Å². The Labute approximate surface area is 242 Å². The number of carbonyl (C=O) groups excluding carboxylic acids is 2. The number of carboxylic acids is 1. The van der Waals surface area contributed by atoms with E-state index in [1.54, 1.807) is 6.07 Å². The molecule has 1 saturated heterocycles. The maximum absolute atomic E-state index is 15.3. The zero-order chi connectivity index (χ0) is 30.7. The molecule has 1 aromatic heterocycles. The minimum Gasteiger partial charge on any atom is -0.481 e. The molecule has 2 heterocycles.